The molecular formula is C16H25N3O2. The van der Waals surface area contributed by atoms with Gasteiger partial charge in [0.25, 0.3) is 0 Å². The molecule has 3 atom stereocenters. The maximum atomic E-state index is 12.4. The van der Waals surface area contributed by atoms with E-state index in [1.807, 2.05) is 44.0 Å². The molecule has 1 aromatic rings. The third kappa shape index (κ3) is 3.95. The number of rotatable bonds is 3. The molecule has 21 heavy (non-hydrogen) atoms. The third-order valence-corrected chi connectivity index (χ3v) is 3.94. The zero-order valence-electron chi connectivity index (χ0n) is 13.2. The number of carbonyl (C=O) groups is 1. The van der Waals surface area contributed by atoms with Crippen molar-refractivity contribution in [1.82, 2.24) is 10.2 Å². The number of amides is 2. The summed E-state index contributed by atoms with van der Waals surface area (Å²) in [7, 11) is 1.92. The largest absolute Gasteiger partial charge is 0.375 e. The molecule has 5 heteroatoms. The molecular weight excluding hydrogens is 266 g/mol. The number of hydrogen-bond donors (Lipinski definition) is 2. The van der Waals surface area contributed by atoms with Crippen molar-refractivity contribution in [3.05, 3.63) is 29.8 Å². The number of anilines is 1. The van der Waals surface area contributed by atoms with Gasteiger partial charge in [0.1, 0.15) is 0 Å². The van der Waals surface area contributed by atoms with Crippen molar-refractivity contribution in [2.75, 3.05) is 25.5 Å². The van der Waals surface area contributed by atoms with Crippen LogP contribution < -0.4 is 10.6 Å². The maximum absolute atomic E-state index is 12.4. The molecule has 1 heterocycles. The fourth-order valence-electron chi connectivity index (χ4n) is 2.43. The summed E-state index contributed by atoms with van der Waals surface area (Å²) in [6, 6.07) is 8.23. The lowest BCUT2D eigenvalue weighted by Crippen LogP contribution is -2.51. The van der Waals surface area contributed by atoms with E-state index in [0.29, 0.717) is 13.2 Å². The van der Waals surface area contributed by atoms with Crippen molar-refractivity contribution in [3.8, 4) is 0 Å². The summed E-state index contributed by atoms with van der Waals surface area (Å²) in [5.41, 5.74) is 1.98. The third-order valence-electron chi connectivity index (χ3n) is 3.94. The van der Waals surface area contributed by atoms with E-state index in [4.69, 9.17) is 4.74 Å². The molecule has 3 unspecified atom stereocenters. The van der Waals surface area contributed by atoms with Crippen molar-refractivity contribution in [3.63, 3.8) is 0 Å². The summed E-state index contributed by atoms with van der Waals surface area (Å²) in [6.45, 7) is 7.30. The Kier molecular flexibility index (Phi) is 5.20. The zero-order valence-corrected chi connectivity index (χ0v) is 13.2. The Bertz CT molecular complexity index is 492. The highest BCUT2D eigenvalue weighted by atomic mass is 16.5. The molecule has 1 fully saturated rings. The molecule has 1 aromatic carbocycles. The summed E-state index contributed by atoms with van der Waals surface area (Å²) >= 11 is 0. The fraction of sp³-hybridized carbons (Fsp3) is 0.562. The van der Waals surface area contributed by atoms with Crippen LogP contribution >= 0.6 is 0 Å². The van der Waals surface area contributed by atoms with Crippen LogP contribution in [-0.4, -0.2) is 43.3 Å². The normalized spacial score (nSPS) is 23.7. The highest BCUT2D eigenvalue weighted by Gasteiger charge is 2.27. The van der Waals surface area contributed by atoms with Gasteiger partial charge >= 0.3 is 6.03 Å². The topological polar surface area (TPSA) is 53.6 Å². The van der Waals surface area contributed by atoms with E-state index in [9.17, 15) is 4.79 Å². The van der Waals surface area contributed by atoms with Crippen molar-refractivity contribution in [2.24, 2.45) is 0 Å². The van der Waals surface area contributed by atoms with Gasteiger partial charge in [-0.3, -0.25) is 0 Å². The van der Waals surface area contributed by atoms with E-state index in [1.165, 1.54) is 0 Å². The smallest absolute Gasteiger partial charge is 0.322 e. The molecule has 5 nitrogen and oxygen atoms in total. The van der Waals surface area contributed by atoms with Crippen LogP contribution in [0.2, 0.25) is 0 Å². The van der Waals surface area contributed by atoms with Crippen LogP contribution in [0.15, 0.2) is 24.3 Å². The Morgan fingerprint density at radius 1 is 1.43 bits per heavy atom. The first-order valence-corrected chi connectivity index (χ1v) is 7.47. The lowest BCUT2D eigenvalue weighted by Gasteiger charge is -2.36. The van der Waals surface area contributed by atoms with E-state index in [0.717, 1.165) is 11.3 Å². The van der Waals surface area contributed by atoms with Gasteiger partial charge in [-0.05, 0) is 45.5 Å². The van der Waals surface area contributed by atoms with Gasteiger partial charge in [0.05, 0.1) is 18.8 Å². The van der Waals surface area contributed by atoms with Gasteiger partial charge in [0.15, 0.2) is 0 Å². The molecule has 1 saturated heterocycles. The van der Waals surface area contributed by atoms with Crippen LogP contribution in [0.4, 0.5) is 10.5 Å². The van der Waals surface area contributed by atoms with Gasteiger partial charge in [0.2, 0.25) is 0 Å². The standard InChI is InChI=1S/C16H25N3O2/c1-11-10-21-12(2)9-19(11)16(20)18-15-7-5-6-14(8-15)13(3)17-4/h5-8,11-13,17H,9-10H2,1-4H3,(H,18,20). The first-order valence-electron chi connectivity index (χ1n) is 7.47. The number of hydrogen-bond acceptors (Lipinski definition) is 3. The molecule has 0 bridgehead atoms. The van der Waals surface area contributed by atoms with Crippen LogP contribution in [0, 0.1) is 0 Å². The van der Waals surface area contributed by atoms with Crippen molar-refractivity contribution in [2.45, 2.75) is 39.0 Å². The van der Waals surface area contributed by atoms with Gasteiger partial charge in [-0.2, -0.15) is 0 Å². The lowest BCUT2D eigenvalue weighted by molar-refractivity contribution is -0.0296. The van der Waals surface area contributed by atoms with Crippen LogP contribution in [0.1, 0.15) is 32.4 Å². The Labute approximate surface area is 126 Å². The summed E-state index contributed by atoms with van der Waals surface area (Å²) in [6.07, 6.45) is 0.0857. The van der Waals surface area contributed by atoms with Gasteiger partial charge in [-0.1, -0.05) is 12.1 Å². The molecule has 2 N–H and O–H groups in total. The molecule has 2 amide bonds. The van der Waals surface area contributed by atoms with E-state index in [-0.39, 0.29) is 24.2 Å². The number of carbonyl (C=O) groups excluding carboxylic acids is 1. The molecule has 0 aliphatic carbocycles. The average molecular weight is 291 g/mol. The molecule has 0 radical (unpaired) electrons. The van der Waals surface area contributed by atoms with Gasteiger partial charge in [-0.15, -0.1) is 0 Å². The number of ether oxygens (including phenoxy) is 1. The second-order valence-corrected chi connectivity index (χ2v) is 5.71. The van der Waals surface area contributed by atoms with Gasteiger partial charge in [-0.25, -0.2) is 4.79 Å². The highest BCUT2D eigenvalue weighted by molar-refractivity contribution is 5.89. The molecule has 1 aliphatic heterocycles. The lowest BCUT2D eigenvalue weighted by atomic mass is 10.1. The molecule has 0 aromatic heterocycles. The van der Waals surface area contributed by atoms with Crippen LogP contribution in [0.25, 0.3) is 0 Å². The van der Waals surface area contributed by atoms with Crippen LogP contribution in [0.5, 0.6) is 0 Å². The second-order valence-electron chi connectivity index (χ2n) is 5.71. The molecule has 1 aliphatic rings. The van der Waals surface area contributed by atoms with Crippen molar-refractivity contribution >= 4 is 11.7 Å². The first-order chi connectivity index (χ1) is 10.0. The number of nitrogens with one attached hydrogen (secondary N) is 2. The van der Waals surface area contributed by atoms with Crippen LogP contribution in [0.3, 0.4) is 0 Å². The Balaban J connectivity index is 2.05. The summed E-state index contributed by atoms with van der Waals surface area (Å²) in [5.74, 6) is 0. The Morgan fingerprint density at radius 3 is 2.90 bits per heavy atom. The molecule has 0 spiro atoms. The summed E-state index contributed by atoms with van der Waals surface area (Å²) in [5, 5.41) is 6.18. The summed E-state index contributed by atoms with van der Waals surface area (Å²) < 4.78 is 5.56. The fourth-order valence-corrected chi connectivity index (χ4v) is 2.43. The summed E-state index contributed by atoms with van der Waals surface area (Å²) in [4.78, 5) is 14.3. The predicted octanol–water partition coefficient (Wildman–Crippen LogP) is 2.61. The van der Waals surface area contributed by atoms with E-state index in [2.05, 4.69) is 23.6 Å². The quantitative estimate of drug-likeness (QED) is 0.900. The molecule has 2 rings (SSSR count). The highest BCUT2D eigenvalue weighted by Crippen LogP contribution is 2.19. The minimum Gasteiger partial charge on any atom is -0.375 e. The Hall–Kier alpha value is -1.59. The number of nitrogens with zero attached hydrogens (tertiary/aromatic N) is 1. The second kappa shape index (κ2) is 6.91. The number of morpholine rings is 1. The maximum Gasteiger partial charge on any atom is 0.322 e. The first kappa shape index (κ1) is 15.8. The van der Waals surface area contributed by atoms with E-state index < -0.39 is 0 Å². The van der Waals surface area contributed by atoms with Gasteiger partial charge in [0, 0.05) is 18.3 Å². The van der Waals surface area contributed by atoms with E-state index in [1.54, 1.807) is 0 Å². The zero-order chi connectivity index (χ0) is 15.4. The van der Waals surface area contributed by atoms with Gasteiger partial charge < -0.3 is 20.3 Å². The number of benzene rings is 1. The number of urea groups is 1. The minimum absolute atomic E-state index is 0.0630. The SMILES string of the molecule is CNC(C)c1cccc(NC(=O)N2CC(C)OCC2C)c1. The predicted molar refractivity (Wildman–Crippen MR) is 84.5 cm³/mol. The van der Waals surface area contributed by atoms with Crippen molar-refractivity contribution in [1.29, 1.82) is 0 Å². The molecule has 0 saturated carbocycles. The minimum atomic E-state index is -0.0630. The monoisotopic (exact) mass is 291 g/mol. The van der Waals surface area contributed by atoms with Crippen molar-refractivity contribution < 1.29 is 9.53 Å². The molecule has 116 valence electrons. The Morgan fingerprint density at radius 2 is 2.19 bits per heavy atom. The van der Waals surface area contributed by atoms with Crippen LogP contribution in [-0.2, 0) is 4.74 Å². The van der Waals surface area contributed by atoms with E-state index >= 15 is 0 Å². The average Bonchev–Trinajstić information content (AvgIpc) is 2.49.